The second kappa shape index (κ2) is 7.07. The highest BCUT2D eigenvalue weighted by Gasteiger charge is 2.02. The van der Waals surface area contributed by atoms with Crippen molar-refractivity contribution >= 4 is 24.0 Å². The zero-order chi connectivity index (χ0) is 10.6. The Hall–Kier alpha value is -0.280. The van der Waals surface area contributed by atoms with Crippen molar-refractivity contribution in [2.75, 3.05) is 13.6 Å². The van der Waals surface area contributed by atoms with Gasteiger partial charge in [-0.15, -0.1) is 12.4 Å². The zero-order valence-electron chi connectivity index (χ0n) is 9.11. The van der Waals surface area contributed by atoms with Crippen molar-refractivity contribution in [2.45, 2.75) is 19.5 Å². The smallest absolute Gasteiger partial charge is 0.0406 e. The predicted octanol–water partition coefficient (Wildman–Crippen LogP) is 2.54. The van der Waals surface area contributed by atoms with Gasteiger partial charge in [-0.1, -0.05) is 23.7 Å². The molecule has 0 aliphatic rings. The molecule has 0 heterocycles. The van der Waals surface area contributed by atoms with Crippen LogP contribution in [0.3, 0.4) is 0 Å². The van der Waals surface area contributed by atoms with Crippen LogP contribution in [0, 0.1) is 0 Å². The van der Waals surface area contributed by atoms with Crippen molar-refractivity contribution < 1.29 is 0 Å². The van der Waals surface area contributed by atoms with Gasteiger partial charge in [-0.3, -0.25) is 0 Å². The van der Waals surface area contributed by atoms with E-state index >= 15 is 0 Å². The van der Waals surface area contributed by atoms with Crippen molar-refractivity contribution in [2.24, 2.45) is 5.73 Å². The lowest BCUT2D eigenvalue weighted by Gasteiger charge is -2.18. The third-order valence-electron chi connectivity index (χ3n) is 1.97. The second-order valence-corrected chi connectivity index (χ2v) is 4.24. The molecule has 15 heavy (non-hydrogen) atoms. The highest BCUT2D eigenvalue weighted by molar-refractivity contribution is 6.30. The summed E-state index contributed by atoms with van der Waals surface area (Å²) in [5.41, 5.74) is 6.97. The summed E-state index contributed by atoms with van der Waals surface area (Å²) in [4.78, 5) is 2.20. The molecule has 0 saturated carbocycles. The third kappa shape index (κ3) is 6.00. The van der Waals surface area contributed by atoms with E-state index in [1.807, 2.05) is 31.2 Å². The first-order valence-corrected chi connectivity index (χ1v) is 5.14. The minimum Gasteiger partial charge on any atom is -0.327 e. The maximum Gasteiger partial charge on any atom is 0.0406 e. The van der Waals surface area contributed by atoms with E-state index in [0.29, 0.717) is 0 Å². The lowest BCUT2D eigenvalue weighted by molar-refractivity contribution is 0.310. The summed E-state index contributed by atoms with van der Waals surface area (Å²) in [6, 6.07) is 8.13. The van der Waals surface area contributed by atoms with Crippen molar-refractivity contribution in [3.05, 3.63) is 34.9 Å². The molecule has 0 aliphatic carbocycles. The average Bonchev–Trinajstić information content (AvgIpc) is 2.07. The van der Waals surface area contributed by atoms with Gasteiger partial charge in [-0.05, 0) is 31.7 Å². The van der Waals surface area contributed by atoms with Crippen LogP contribution in [0.2, 0.25) is 5.02 Å². The van der Waals surface area contributed by atoms with E-state index in [1.165, 1.54) is 5.56 Å². The molecule has 2 nitrogen and oxygen atoms in total. The van der Waals surface area contributed by atoms with Gasteiger partial charge in [0.1, 0.15) is 0 Å². The van der Waals surface area contributed by atoms with Crippen LogP contribution in [0.1, 0.15) is 12.5 Å². The first kappa shape index (κ1) is 14.7. The van der Waals surface area contributed by atoms with Crippen LogP contribution in [-0.4, -0.2) is 24.5 Å². The Morgan fingerprint density at radius 3 is 2.33 bits per heavy atom. The normalized spacial score (nSPS) is 12.3. The van der Waals surface area contributed by atoms with E-state index in [-0.39, 0.29) is 18.4 Å². The highest BCUT2D eigenvalue weighted by Crippen LogP contribution is 2.10. The standard InChI is InChI=1S/C11H17ClN2.ClH/c1-9(13)7-14(2)8-10-3-5-11(12)6-4-10;/h3-6,9H,7-8,13H2,1-2H3;1H. The van der Waals surface area contributed by atoms with Crippen molar-refractivity contribution in [3.8, 4) is 0 Å². The van der Waals surface area contributed by atoms with Crippen molar-refractivity contribution in [1.82, 2.24) is 4.90 Å². The van der Waals surface area contributed by atoms with Crippen LogP contribution in [0.4, 0.5) is 0 Å². The summed E-state index contributed by atoms with van der Waals surface area (Å²) in [6.07, 6.45) is 0. The van der Waals surface area contributed by atoms with E-state index < -0.39 is 0 Å². The molecule has 1 aromatic carbocycles. The van der Waals surface area contributed by atoms with Crippen LogP contribution >= 0.6 is 24.0 Å². The summed E-state index contributed by atoms with van der Waals surface area (Å²) in [6.45, 7) is 3.83. The van der Waals surface area contributed by atoms with Crippen molar-refractivity contribution in [3.63, 3.8) is 0 Å². The Morgan fingerprint density at radius 2 is 1.87 bits per heavy atom. The number of halogens is 2. The van der Waals surface area contributed by atoms with E-state index in [9.17, 15) is 0 Å². The van der Waals surface area contributed by atoms with Gasteiger partial charge in [0.2, 0.25) is 0 Å². The molecule has 0 aliphatic heterocycles. The molecular weight excluding hydrogens is 231 g/mol. The van der Waals surface area contributed by atoms with Gasteiger partial charge in [-0.2, -0.15) is 0 Å². The van der Waals surface area contributed by atoms with Gasteiger partial charge in [0, 0.05) is 24.2 Å². The van der Waals surface area contributed by atoms with Crippen LogP contribution < -0.4 is 5.73 Å². The highest BCUT2D eigenvalue weighted by atomic mass is 35.5. The number of benzene rings is 1. The lowest BCUT2D eigenvalue weighted by atomic mass is 10.2. The molecule has 0 saturated heterocycles. The molecule has 4 heteroatoms. The fourth-order valence-corrected chi connectivity index (χ4v) is 1.58. The number of rotatable bonds is 4. The molecule has 0 aromatic heterocycles. The topological polar surface area (TPSA) is 29.3 Å². The minimum atomic E-state index is 0. The molecule has 1 atom stereocenters. The predicted molar refractivity (Wildman–Crippen MR) is 68.7 cm³/mol. The summed E-state index contributed by atoms with van der Waals surface area (Å²) in [5, 5.41) is 0.781. The summed E-state index contributed by atoms with van der Waals surface area (Å²) < 4.78 is 0. The Balaban J connectivity index is 0.00000196. The van der Waals surface area contributed by atoms with Crippen LogP contribution in [-0.2, 0) is 6.54 Å². The van der Waals surface area contributed by atoms with Gasteiger partial charge in [0.15, 0.2) is 0 Å². The molecule has 0 fully saturated rings. The van der Waals surface area contributed by atoms with E-state index in [1.54, 1.807) is 0 Å². The molecule has 0 spiro atoms. The Kier molecular flexibility index (Phi) is 6.94. The Labute approximate surface area is 103 Å². The first-order chi connectivity index (χ1) is 6.58. The lowest BCUT2D eigenvalue weighted by Crippen LogP contribution is -2.32. The summed E-state index contributed by atoms with van der Waals surface area (Å²) in [5.74, 6) is 0. The Morgan fingerprint density at radius 1 is 1.33 bits per heavy atom. The molecule has 1 aromatic rings. The third-order valence-corrected chi connectivity index (χ3v) is 2.22. The summed E-state index contributed by atoms with van der Waals surface area (Å²) >= 11 is 5.80. The maximum atomic E-state index is 5.80. The molecule has 86 valence electrons. The maximum absolute atomic E-state index is 5.80. The van der Waals surface area contributed by atoms with Crippen molar-refractivity contribution in [1.29, 1.82) is 0 Å². The van der Waals surface area contributed by atoms with Crippen LogP contribution in [0.25, 0.3) is 0 Å². The van der Waals surface area contributed by atoms with E-state index in [0.717, 1.165) is 18.1 Å². The Bertz CT molecular complexity index is 272. The molecule has 0 bridgehead atoms. The van der Waals surface area contributed by atoms with Crippen LogP contribution in [0.15, 0.2) is 24.3 Å². The largest absolute Gasteiger partial charge is 0.327 e. The van der Waals surface area contributed by atoms with Gasteiger partial charge < -0.3 is 10.6 Å². The molecule has 0 radical (unpaired) electrons. The van der Waals surface area contributed by atoms with Gasteiger partial charge in [-0.25, -0.2) is 0 Å². The van der Waals surface area contributed by atoms with Gasteiger partial charge >= 0.3 is 0 Å². The monoisotopic (exact) mass is 248 g/mol. The molecule has 0 amide bonds. The minimum absolute atomic E-state index is 0. The number of nitrogens with zero attached hydrogens (tertiary/aromatic N) is 1. The van der Waals surface area contributed by atoms with E-state index in [4.69, 9.17) is 17.3 Å². The quantitative estimate of drug-likeness (QED) is 0.888. The number of hydrogen-bond acceptors (Lipinski definition) is 2. The fourth-order valence-electron chi connectivity index (χ4n) is 1.46. The van der Waals surface area contributed by atoms with E-state index in [2.05, 4.69) is 11.9 Å². The zero-order valence-corrected chi connectivity index (χ0v) is 10.7. The second-order valence-electron chi connectivity index (χ2n) is 3.80. The SMILES string of the molecule is CC(N)CN(C)Cc1ccc(Cl)cc1.Cl. The number of nitrogens with two attached hydrogens (primary N) is 1. The van der Waals surface area contributed by atoms with Crippen LogP contribution in [0.5, 0.6) is 0 Å². The molecule has 2 N–H and O–H groups in total. The fraction of sp³-hybridized carbons (Fsp3) is 0.455. The molecule has 1 rings (SSSR count). The van der Waals surface area contributed by atoms with Gasteiger partial charge in [0.05, 0.1) is 0 Å². The summed E-state index contributed by atoms with van der Waals surface area (Å²) in [7, 11) is 2.07. The number of hydrogen-bond donors (Lipinski definition) is 1. The molecule has 1 unspecified atom stereocenters. The number of likely N-dealkylation sites (N-methyl/N-ethyl adjacent to an activating group) is 1. The first-order valence-electron chi connectivity index (χ1n) is 4.76. The van der Waals surface area contributed by atoms with Gasteiger partial charge in [0.25, 0.3) is 0 Å². The average molecular weight is 249 g/mol. The molecular formula is C11H18Cl2N2.